The zero-order valence-electron chi connectivity index (χ0n) is 15.0. The molecule has 2 aliphatic heterocycles. The van der Waals surface area contributed by atoms with Gasteiger partial charge in [0.15, 0.2) is 0 Å². The normalized spacial score (nSPS) is 20.0. The van der Waals surface area contributed by atoms with Gasteiger partial charge in [-0.15, -0.1) is 0 Å². The van der Waals surface area contributed by atoms with E-state index in [4.69, 9.17) is 0 Å². The van der Waals surface area contributed by atoms with Gasteiger partial charge in [0.2, 0.25) is 5.91 Å². The Labute approximate surface area is 149 Å². The van der Waals surface area contributed by atoms with E-state index in [2.05, 4.69) is 16.4 Å². The lowest BCUT2D eigenvalue weighted by Crippen LogP contribution is -2.54. The molecule has 3 amide bonds. The lowest BCUT2D eigenvalue weighted by molar-refractivity contribution is -0.138. The van der Waals surface area contributed by atoms with Crippen molar-refractivity contribution in [2.45, 2.75) is 39.0 Å². The highest BCUT2D eigenvalue weighted by molar-refractivity contribution is 5.77. The summed E-state index contributed by atoms with van der Waals surface area (Å²) >= 11 is 0. The molecule has 136 valence electrons. The maximum atomic E-state index is 12.3. The number of hydrogen-bond donors (Lipinski definition) is 1. The molecule has 0 unspecified atom stereocenters. The summed E-state index contributed by atoms with van der Waals surface area (Å²) in [6.07, 6.45) is 8.05. The van der Waals surface area contributed by atoms with Gasteiger partial charge in [-0.3, -0.25) is 9.78 Å². The number of carbonyl (C=O) groups excluding carboxylic acids is 2. The smallest absolute Gasteiger partial charge is 0.317 e. The number of piperidine rings is 2. The summed E-state index contributed by atoms with van der Waals surface area (Å²) in [5, 5.41) is 2.88. The first-order valence-electron chi connectivity index (χ1n) is 9.31. The van der Waals surface area contributed by atoms with Gasteiger partial charge < -0.3 is 15.1 Å². The second kappa shape index (κ2) is 7.85. The summed E-state index contributed by atoms with van der Waals surface area (Å²) < 4.78 is 0. The van der Waals surface area contributed by atoms with Crippen LogP contribution in [-0.2, 0) is 11.2 Å². The first-order chi connectivity index (χ1) is 12.1. The van der Waals surface area contributed by atoms with Crippen LogP contribution in [-0.4, -0.2) is 59.4 Å². The van der Waals surface area contributed by atoms with Crippen molar-refractivity contribution in [1.82, 2.24) is 20.1 Å². The average molecular weight is 344 g/mol. The minimum Gasteiger partial charge on any atom is -0.342 e. The van der Waals surface area contributed by atoms with Crippen LogP contribution in [0.25, 0.3) is 0 Å². The fourth-order valence-corrected chi connectivity index (χ4v) is 3.97. The van der Waals surface area contributed by atoms with Crippen molar-refractivity contribution < 1.29 is 9.59 Å². The number of rotatable bonds is 4. The minimum atomic E-state index is 0.0395. The van der Waals surface area contributed by atoms with Crippen LogP contribution >= 0.6 is 0 Å². The number of likely N-dealkylation sites (tertiary alicyclic amines) is 2. The maximum absolute atomic E-state index is 12.3. The summed E-state index contributed by atoms with van der Waals surface area (Å²) in [6, 6.07) is 4.03. The van der Waals surface area contributed by atoms with Crippen molar-refractivity contribution >= 4 is 11.9 Å². The largest absolute Gasteiger partial charge is 0.342 e. The van der Waals surface area contributed by atoms with E-state index in [1.54, 1.807) is 6.20 Å². The molecule has 1 N–H and O–H groups in total. The third-order valence-corrected chi connectivity index (χ3v) is 5.58. The van der Waals surface area contributed by atoms with Crippen molar-refractivity contribution in [3.05, 3.63) is 30.1 Å². The highest BCUT2D eigenvalue weighted by Gasteiger charge is 2.41. The van der Waals surface area contributed by atoms with E-state index >= 15 is 0 Å². The second-order valence-electron chi connectivity index (χ2n) is 7.25. The molecule has 1 aromatic rings. The minimum absolute atomic E-state index is 0.0395. The molecule has 0 aromatic carbocycles. The number of nitrogens with zero attached hydrogens (tertiary/aromatic N) is 3. The number of urea groups is 1. The van der Waals surface area contributed by atoms with Gasteiger partial charge in [-0.05, 0) is 49.7 Å². The summed E-state index contributed by atoms with van der Waals surface area (Å²) in [4.78, 5) is 32.4. The summed E-state index contributed by atoms with van der Waals surface area (Å²) in [7, 11) is 0. The Balaban J connectivity index is 1.55. The second-order valence-corrected chi connectivity index (χ2v) is 7.25. The molecule has 0 saturated carbocycles. The fraction of sp³-hybridized carbons (Fsp3) is 0.632. The molecule has 2 aliphatic rings. The van der Waals surface area contributed by atoms with Crippen LogP contribution in [0.3, 0.4) is 0 Å². The van der Waals surface area contributed by atoms with Crippen LogP contribution in [0.15, 0.2) is 24.5 Å². The topological polar surface area (TPSA) is 65.5 Å². The van der Waals surface area contributed by atoms with E-state index < -0.39 is 0 Å². The van der Waals surface area contributed by atoms with Crippen LogP contribution in [0.5, 0.6) is 0 Å². The van der Waals surface area contributed by atoms with E-state index in [0.717, 1.165) is 51.9 Å². The number of pyridine rings is 1. The SMILES string of the molecule is CCNC(=O)N1CCC2(CCC(=O)N(CCc3cccnc3)C2)CC1. The molecule has 2 fully saturated rings. The van der Waals surface area contributed by atoms with Gasteiger partial charge in [0, 0.05) is 51.5 Å². The van der Waals surface area contributed by atoms with Gasteiger partial charge in [0.05, 0.1) is 0 Å². The van der Waals surface area contributed by atoms with Crippen LogP contribution in [0, 0.1) is 5.41 Å². The van der Waals surface area contributed by atoms with Gasteiger partial charge in [-0.25, -0.2) is 4.79 Å². The highest BCUT2D eigenvalue weighted by Crippen LogP contribution is 2.40. The van der Waals surface area contributed by atoms with Crippen LogP contribution < -0.4 is 5.32 Å². The van der Waals surface area contributed by atoms with Crippen molar-refractivity contribution in [3.8, 4) is 0 Å². The molecule has 0 atom stereocenters. The van der Waals surface area contributed by atoms with E-state index in [0.29, 0.717) is 13.0 Å². The summed E-state index contributed by atoms with van der Waals surface area (Å²) in [5.41, 5.74) is 1.35. The van der Waals surface area contributed by atoms with E-state index in [1.165, 1.54) is 5.56 Å². The Morgan fingerprint density at radius 1 is 1.32 bits per heavy atom. The van der Waals surface area contributed by atoms with Crippen LogP contribution in [0.2, 0.25) is 0 Å². The number of hydrogen-bond acceptors (Lipinski definition) is 3. The molecular weight excluding hydrogens is 316 g/mol. The maximum Gasteiger partial charge on any atom is 0.317 e. The quantitative estimate of drug-likeness (QED) is 0.909. The standard InChI is InChI=1S/C19H28N4O2/c1-2-21-18(25)22-12-8-19(9-13-22)7-5-17(24)23(15-19)11-6-16-4-3-10-20-14-16/h3-4,10,14H,2,5-9,11-13,15H2,1H3,(H,21,25). The Hall–Kier alpha value is -2.11. The van der Waals surface area contributed by atoms with Gasteiger partial charge >= 0.3 is 6.03 Å². The molecule has 1 aromatic heterocycles. The van der Waals surface area contributed by atoms with E-state index in [1.807, 2.05) is 29.0 Å². The summed E-state index contributed by atoms with van der Waals surface area (Å²) in [6.45, 7) is 5.77. The predicted octanol–water partition coefficient (Wildman–Crippen LogP) is 2.06. The van der Waals surface area contributed by atoms with Gasteiger partial charge in [-0.2, -0.15) is 0 Å². The van der Waals surface area contributed by atoms with Gasteiger partial charge in [0.25, 0.3) is 0 Å². The molecule has 6 heteroatoms. The zero-order chi connectivity index (χ0) is 17.7. The molecular formula is C19H28N4O2. The lowest BCUT2D eigenvalue weighted by Gasteiger charge is -2.47. The van der Waals surface area contributed by atoms with Crippen LogP contribution in [0.4, 0.5) is 4.79 Å². The van der Waals surface area contributed by atoms with E-state index in [9.17, 15) is 9.59 Å². The predicted molar refractivity (Wildman–Crippen MR) is 96.1 cm³/mol. The monoisotopic (exact) mass is 344 g/mol. The molecule has 0 aliphatic carbocycles. The molecule has 6 nitrogen and oxygen atoms in total. The van der Waals surface area contributed by atoms with Crippen molar-refractivity contribution in [1.29, 1.82) is 0 Å². The Morgan fingerprint density at radius 2 is 2.12 bits per heavy atom. The Morgan fingerprint density at radius 3 is 2.80 bits per heavy atom. The third kappa shape index (κ3) is 4.30. The fourth-order valence-electron chi connectivity index (χ4n) is 3.97. The number of nitrogens with one attached hydrogen (secondary N) is 1. The third-order valence-electron chi connectivity index (χ3n) is 5.58. The lowest BCUT2D eigenvalue weighted by atomic mass is 9.72. The van der Waals surface area contributed by atoms with Crippen molar-refractivity contribution in [3.63, 3.8) is 0 Å². The van der Waals surface area contributed by atoms with Gasteiger partial charge in [-0.1, -0.05) is 6.07 Å². The Bertz CT molecular complexity index is 597. The number of aromatic nitrogens is 1. The van der Waals surface area contributed by atoms with Crippen LogP contribution in [0.1, 0.15) is 38.2 Å². The first kappa shape index (κ1) is 17.7. The van der Waals surface area contributed by atoms with Gasteiger partial charge in [0.1, 0.15) is 0 Å². The molecule has 0 radical (unpaired) electrons. The highest BCUT2D eigenvalue weighted by atomic mass is 16.2. The molecule has 3 rings (SSSR count). The number of amides is 3. The average Bonchev–Trinajstić information content (AvgIpc) is 2.64. The number of carbonyl (C=O) groups is 2. The molecule has 0 bridgehead atoms. The molecule has 1 spiro atoms. The zero-order valence-corrected chi connectivity index (χ0v) is 15.0. The Kier molecular flexibility index (Phi) is 5.56. The molecule has 3 heterocycles. The molecule has 25 heavy (non-hydrogen) atoms. The van der Waals surface area contributed by atoms with Crippen molar-refractivity contribution in [2.24, 2.45) is 5.41 Å². The summed E-state index contributed by atoms with van der Waals surface area (Å²) in [5.74, 6) is 0.265. The first-order valence-corrected chi connectivity index (χ1v) is 9.31. The van der Waals surface area contributed by atoms with Crippen molar-refractivity contribution in [2.75, 3.05) is 32.7 Å². The van der Waals surface area contributed by atoms with E-state index in [-0.39, 0.29) is 17.4 Å². The molecule has 2 saturated heterocycles.